The highest BCUT2D eigenvalue weighted by molar-refractivity contribution is 5.57. The molecular formula is C16H23F3N2. The molecule has 1 fully saturated rings. The van der Waals surface area contributed by atoms with E-state index in [4.69, 9.17) is 5.73 Å². The van der Waals surface area contributed by atoms with Crippen LogP contribution in [0.4, 0.5) is 18.9 Å². The van der Waals surface area contributed by atoms with E-state index in [2.05, 4.69) is 0 Å². The lowest BCUT2D eigenvalue weighted by molar-refractivity contribution is -0.137. The Hall–Kier alpha value is -1.23. The van der Waals surface area contributed by atoms with E-state index in [0.29, 0.717) is 17.8 Å². The number of anilines is 1. The van der Waals surface area contributed by atoms with Crippen molar-refractivity contribution in [2.24, 2.45) is 5.73 Å². The van der Waals surface area contributed by atoms with Crippen molar-refractivity contribution >= 4 is 5.69 Å². The molecule has 0 atom stereocenters. The molecule has 0 bridgehead atoms. The number of halogens is 3. The molecule has 2 nitrogen and oxygen atoms in total. The van der Waals surface area contributed by atoms with Gasteiger partial charge in [0.25, 0.3) is 0 Å². The largest absolute Gasteiger partial charge is 0.418 e. The van der Waals surface area contributed by atoms with E-state index in [1.54, 1.807) is 12.1 Å². The maximum Gasteiger partial charge on any atom is 0.418 e. The van der Waals surface area contributed by atoms with Crippen LogP contribution in [-0.4, -0.2) is 12.6 Å². The van der Waals surface area contributed by atoms with Crippen LogP contribution in [0.3, 0.4) is 0 Å². The second kappa shape index (κ2) is 6.69. The van der Waals surface area contributed by atoms with Gasteiger partial charge in [-0.1, -0.05) is 25.3 Å². The molecule has 0 saturated heterocycles. The van der Waals surface area contributed by atoms with Crippen LogP contribution in [0.25, 0.3) is 0 Å². The number of alkyl halides is 3. The Morgan fingerprint density at radius 2 is 1.86 bits per heavy atom. The highest BCUT2D eigenvalue weighted by atomic mass is 19.4. The van der Waals surface area contributed by atoms with E-state index in [-0.39, 0.29) is 12.6 Å². The van der Waals surface area contributed by atoms with Crippen molar-refractivity contribution in [1.82, 2.24) is 0 Å². The molecule has 21 heavy (non-hydrogen) atoms. The average Bonchev–Trinajstić information content (AvgIpc) is 2.48. The number of rotatable bonds is 4. The summed E-state index contributed by atoms with van der Waals surface area (Å²) in [6.07, 6.45) is 0.995. The maximum absolute atomic E-state index is 13.4. The Kier molecular flexibility index (Phi) is 5.14. The summed E-state index contributed by atoms with van der Waals surface area (Å²) in [5.74, 6) is 0. The fourth-order valence-electron chi connectivity index (χ4n) is 3.21. The maximum atomic E-state index is 13.4. The molecule has 0 aromatic heterocycles. The molecule has 0 aliphatic heterocycles. The molecule has 0 amide bonds. The Morgan fingerprint density at radius 3 is 2.38 bits per heavy atom. The molecule has 0 radical (unpaired) electrons. The molecule has 118 valence electrons. The number of nitrogens with zero attached hydrogens (tertiary/aromatic N) is 1. The fraction of sp³-hybridized carbons (Fsp3) is 0.625. The van der Waals surface area contributed by atoms with Crippen LogP contribution in [0.1, 0.15) is 50.2 Å². The minimum atomic E-state index is -4.34. The van der Waals surface area contributed by atoms with Crippen LogP contribution in [0.5, 0.6) is 0 Å². The number of hydrogen-bond donors (Lipinski definition) is 1. The van der Waals surface area contributed by atoms with Crippen LogP contribution >= 0.6 is 0 Å². The Bertz CT molecular complexity index is 465. The van der Waals surface area contributed by atoms with Crippen LogP contribution in [0, 0.1) is 0 Å². The highest BCUT2D eigenvalue weighted by Crippen LogP contribution is 2.39. The van der Waals surface area contributed by atoms with Crippen LogP contribution in [-0.2, 0) is 12.7 Å². The lowest BCUT2D eigenvalue weighted by atomic mass is 9.93. The first-order valence-electron chi connectivity index (χ1n) is 7.64. The number of benzene rings is 1. The summed E-state index contributed by atoms with van der Waals surface area (Å²) in [5, 5.41) is 0. The van der Waals surface area contributed by atoms with Gasteiger partial charge in [0, 0.05) is 24.8 Å². The van der Waals surface area contributed by atoms with Gasteiger partial charge in [-0.25, -0.2) is 0 Å². The topological polar surface area (TPSA) is 29.3 Å². The summed E-state index contributed by atoms with van der Waals surface area (Å²) in [6, 6.07) is 4.70. The molecule has 0 spiro atoms. The molecule has 1 aliphatic rings. The van der Waals surface area contributed by atoms with Crippen LogP contribution in [0.15, 0.2) is 18.2 Å². The van der Waals surface area contributed by atoms with Crippen molar-refractivity contribution < 1.29 is 13.2 Å². The van der Waals surface area contributed by atoms with E-state index >= 15 is 0 Å². The van der Waals surface area contributed by atoms with E-state index in [1.807, 2.05) is 11.8 Å². The summed E-state index contributed by atoms with van der Waals surface area (Å²) in [7, 11) is 0. The highest BCUT2D eigenvalue weighted by Gasteiger charge is 2.36. The minimum absolute atomic E-state index is 0.124. The molecule has 0 heterocycles. The van der Waals surface area contributed by atoms with Gasteiger partial charge in [0.1, 0.15) is 0 Å². The summed E-state index contributed by atoms with van der Waals surface area (Å²) < 4.78 is 40.1. The molecule has 1 aromatic rings. The number of hydrogen-bond acceptors (Lipinski definition) is 2. The zero-order chi connectivity index (χ0) is 15.5. The van der Waals surface area contributed by atoms with Crippen molar-refractivity contribution in [3.63, 3.8) is 0 Å². The minimum Gasteiger partial charge on any atom is -0.368 e. The van der Waals surface area contributed by atoms with E-state index in [9.17, 15) is 13.2 Å². The summed E-state index contributed by atoms with van der Waals surface area (Å²) in [4.78, 5) is 1.92. The van der Waals surface area contributed by atoms with Crippen molar-refractivity contribution in [3.8, 4) is 0 Å². The lowest BCUT2D eigenvalue weighted by Crippen LogP contribution is -2.38. The van der Waals surface area contributed by atoms with Crippen LogP contribution in [0.2, 0.25) is 0 Å². The first-order valence-corrected chi connectivity index (χ1v) is 7.64. The van der Waals surface area contributed by atoms with Gasteiger partial charge in [0.05, 0.1) is 5.56 Å². The van der Waals surface area contributed by atoms with Crippen molar-refractivity contribution in [1.29, 1.82) is 0 Å². The van der Waals surface area contributed by atoms with Crippen molar-refractivity contribution in [2.75, 3.05) is 11.4 Å². The molecule has 1 aromatic carbocycles. The average molecular weight is 300 g/mol. The van der Waals surface area contributed by atoms with Gasteiger partial charge in [-0.2, -0.15) is 13.2 Å². The van der Waals surface area contributed by atoms with E-state index in [1.165, 1.54) is 12.5 Å². The van der Waals surface area contributed by atoms with Gasteiger partial charge in [0.2, 0.25) is 0 Å². The van der Waals surface area contributed by atoms with E-state index in [0.717, 1.165) is 25.7 Å². The molecular weight excluding hydrogens is 277 g/mol. The third-order valence-corrected chi connectivity index (χ3v) is 4.27. The zero-order valence-corrected chi connectivity index (χ0v) is 12.4. The van der Waals surface area contributed by atoms with Gasteiger partial charge >= 0.3 is 6.18 Å². The molecule has 0 unspecified atom stereocenters. The van der Waals surface area contributed by atoms with Gasteiger partial charge in [-0.3, -0.25) is 0 Å². The van der Waals surface area contributed by atoms with Crippen LogP contribution < -0.4 is 10.6 Å². The smallest absolute Gasteiger partial charge is 0.368 e. The van der Waals surface area contributed by atoms with Gasteiger partial charge < -0.3 is 10.6 Å². The van der Waals surface area contributed by atoms with Crippen molar-refractivity contribution in [3.05, 3.63) is 29.3 Å². The van der Waals surface area contributed by atoms with Gasteiger partial charge in [0.15, 0.2) is 0 Å². The Morgan fingerprint density at radius 1 is 1.19 bits per heavy atom. The third kappa shape index (κ3) is 3.70. The second-order valence-electron chi connectivity index (χ2n) is 5.63. The lowest BCUT2D eigenvalue weighted by Gasteiger charge is -2.37. The predicted molar refractivity (Wildman–Crippen MR) is 79.2 cm³/mol. The molecule has 1 saturated carbocycles. The second-order valence-corrected chi connectivity index (χ2v) is 5.63. The number of nitrogens with two attached hydrogens (primary N) is 1. The monoisotopic (exact) mass is 300 g/mol. The molecule has 5 heteroatoms. The van der Waals surface area contributed by atoms with Gasteiger partial charge in [-0.15, -0.1) is 0 Å². The summed E-state index contributed by atoms with van der Waals surface area (Å²) >= 11 is 0. The third-order valence-electron chi connectivity index (χ3n) is 4.27. The first-order chi connectivity index (χ1) is 9.97. The van der Waals surface area contributed by atoms with Gasteiger partial charge in [-0.05, 0) is 37.5 Å². The normalized spacial score (nSPS) is 17.0. The van der Waals surface area contributed by atoms with Crippen molar-refractivity contribution in [2.45, 2.75) is 57.8 Å². The van der Waals surface area contributed by atoms with E-state index < -0.39 is 11.7 Å². The standard InChI is InChI=1S/C16H23F3N2/c1-2-21(13-6-4-3-5-7-13)15-9-8-12(11-20)10-14(15)16(17,18)19/h8-10,13H,2-7,11,20H2,1H3. The summed E-state index contributed by atoms with van der Waals surface area (Å²) in [6.45, 7) is 2.64. The molecule has 1 aliphatic carbocycles. The Balaban J connectivity index is 2.39. The quantitative estimate of drug-likeness (QED) is 0.897. The summed E-state index contributed by atoms with van der Waals surface area (Å²) in [5.41, 5.74) is 5.74. The molecule has 2 rings (SSSR count). The zero-order valence-electron chi connectivity index (χ0n) is 12.4. The predicted octanol–water partition coefficient (Wildman–Crippen LogP) is 4.32. The SMILES string of the molecule is CCN(c1ccc(CN)cc1C(F)(F)F)C1CCCCC1. The Labute approximate surface area is 124 Å². The first kappa shape index (κ1) is 16.1. The molecule has 2 N–H and O–H groups in total. The fourth-order valence-corrected chi connectivity index (χ4v) is 3.21.